The first kappa shape index (κ1) is 25.6. The molecule has 1 unspecified atom stereocenters. The predicted octanol–water partition coefficient (Wildman–Crippen LogP) is 2.94. The van der Waals surface area contributed by atoms with E-state index in [9.17, 15) is 14.3 Å². The van der Waals surface area contributed by atoms with Crippen LogP contribution in [0.15, 0.2) is 59.7 Å². The summed E-state index contributed by atoms with van der Waals surface area (Å²) in [4.78, 5) is 20.5. The fourth-order valence-electron chi connectivity index (χ4n) is 4.09. The number of hydrogen-bond acceptors (Lipinski definition) is 6. The molecule has 1 aliphatic rings. The van der Waals surface area contributed by atoms with Crippen LogP contribution in [-0.2, 0) is 17.7 Å². The SMILES string of the molecule is CC(CF)N[C@@H](Cc1nc[nH]c(=O)c1O)c1ccc(C#Cc2ccc(CN3CCOCC3)cc2)cc1. The van der Waals surface area contributed by atoms with E-state index in [2.05, 4.69) is 44.2 Å². The minimum atomic E-state index is -0.600. The van der Waals surface area contributed by atoms with Gasteiger partial charge >= 0.3 is 0 Å². The lowest BCUT2D eigenvalue weighted by Gasteiger charge is -2.26. The minimum Gasteiger partial charge on any atom is -0.502 e. The third-order valence-corrected chi connectivity index (χ3v) is 6.15. The van der Waals surface area contributed by atoms with Crippen molar-refractivity contribution in [2.45, 2.75) is 32.0 Å². The molecule has 2 heterocycles. The average Bonchev–Trinajstić information content (AvgIpc) is 2.91. The van der Waals surface area contributed by atoms with Crippen LogP contribution < -0.4 is 10.9 Å². The third kappa shape index (κ3) is 7.01. The number of aromatic amines is 1. The molecule has 0 aliphatic carbocycles. The van der Waals surface area contributed by atoms with Gasteiger partial charge in [0.05, 0.1) is 25.2 Å². The second-order valence-electron chi connectivity index (χ2n) is 8.96. The fraction of sp³-hybridized carbons (Fsp3) is 0.357. The van der Waals surface area contributed by atoms with Crippen molar-refractivity contribution in [3.05, 3.63) is 93.2 Å². The summed E-state index contributed by atoms with van der Waals surface area (Å²) in [7, 11) is 0. The van der Waals surface area contributed by atoms with Crippen LogP contribution in [0.2, 0.25) is 0 Å². The zero-order valence-electron chi connectivity index (χ0n) is 20.3. The topological polar surface area (TPSA) is 90.5 Å². The average molecular weight is 491 g/mol. The highest BCUT2D eigenvalue weighted by Crippen LogP contribution is 2.22. The summed E-state index contributed by atoms with van der Waals surface area (Å²) >= 11 is 0. The van der Waals surface area contributed by atoms with Crippen molar-refractivity contribution in [2.75, 3.05) is 33.0 Å². The highest BCUT2D eigenvalue weighted by Gasteiger charge is 2.19. The lowest BCUT2D eigenvalue weighted by atomic mass is 9.99. The molecule has 2 atom stereocenters. The van der Waals surface area contributed by atoms with Gasteiger partial charge in [-0.2, -0.15) is 0 Å². The maximum absolute atomic E-state index is 13.2. The molecule has 0 amide bonds. The minimum absolute atomic E-state index is 0.238. The first-order valence-corrected chi connectivity index (χ1v) is 12.1. The largest absolute Gasteiger partial charge is 0.502 e. The van der Waals surface area contributed by atoms with E-state index >= 15 is 0 Å². The highest BCUT2D eigenvalue weighted by molar-refractivity contribution is 5.44. The van der Waals surface area contributed by atoms with E-state index in [0.717, 1.165) is 49.5 Å². The summed E-state index contributed by atoms with van der Waals surface area (Å²) < 4.78 is 18.6. The molecule has 0 spiro atoms. The van der Waals surface area contributed by atoms with Gasteiger partial charge in [0.2, 0.25) is 5.75 Å². The Morgan fingerprint density at radius 3 is 2.39 bits per heavy atom. The van der Waals surface area contributed by atoms with Gasteiger partial charge in [0.25, 0.3) is 5.56 Å². The number of benzene rings is 2. The zero-order valence-corrected chi connectivity index (χ0v) is 20.3. The number of nitrogens with zero attached hydrogens (tertiary/aromatic N) is 2. The van der Waals surface area contributed by atoms with Gasteiger partial charge in [0.1, 0.15) is 6.67 Å². The Bertz CT molecular complexity index is 1240. The number of rotatable bonds is 8. The van der Waals surface area contributed by atoms with Crippen LogP contribution in [0, 0.1) is 11.8 Å². The Kier molecular flexibility index (Phi) is 8.85. The maximum atomic E-state index is 13.2. The molecule has 8 heteroatoms. The summed E-state index contributed by atoms with van der Waals surface area (Å²) in [5.74, 6) is 5.98. The molecule has 7 nitrogen and oxygen atoms in total. The highest BCUT2D eigenvalue weighted by atomic mass is 19.1. The third-order valence-electron chi connectivity index (χ3n) is 6.15. The van der Waals surface area contributed by atoms with Crippen molar-refractivity contribution >= 4 is 0 Å². The Labute approximate surface area is 210 Å². The molecule has 0 saturated carbocycles. The van der Waals surface area contributed by atoms with E-state index in [0.29, 0.717) is 0 Å². The van der Waals surface area contributed by atoms with Gasteiger partial charge in [-0.15, -0.1) is 0 Å². The van der Waals surface area contributed by atoms with E-state index < -0.39 is 24.0 Å². The van der Waals surface area contributed by atoms with Gasteiger partial charge in [0.15, 0.2) is 0 Å². The Morgan fingerprint density at radius 2 is 1.75 bits per heavy atom. The number of alkyl halides is 1. The zero-order chi connectivity index (χ0) is 25.3. The lowest BCUT2D eigenvalue weighted by Crippen LogP contribution is -2.35. The second-order valence-corrected chi connectivity index (χ2v) is 8.96. The molecular formula is C28H31FN4O3. The van der Waals surface area contributed by atoms with Gasteiger partial charge in [-0.1, -0.05) is 36.1 Å². The van der Waals surface area contributed by atoms with Crippen LogP contribution in [0.3, 0.4) is 0 Å². The normalized spacial score (nSPS) is 15.6. The Balaban J connectivity index is 1.44. The van der Waals surface area contributed by atoms with Crippen molar-refractivity contribution in [1.82, 2.24) is 20.2 Å². The van der Waals surface area contributed by atoms with E-state index in [1.54, 1.807) is 6.92 Å². The molecule has 0 bridgehead atoms. The molecule has 1 aliphatic heterocycles. The van der Waals surface area contributed by atoms with Gasteiger partial charge < -0.3 is 20.1 Å². The van der Waals surface area contributed by atoms with E-state index in [1.165, 1.54) is 11.9 Å². The first-order chi connectivity index (χ1) is 17.5. The number of nitrogens with one attached hydrogen (secondary N) is 2. The van der Waals surface area contributed by atoms with Gasteiger partial charge in [-0.05, 0) is 42.3 Å². The van der Waals surface area contributed by atoms with Crippen molar-refractivity contribution in [3.8, 4) is 17.6 Å². The van der Waals surface area contributed by atoms with E-state index in [-0.39, 0.29) is 18.2 Å². The standard InChI is InChI=1S/C28H31FN4O3/c1-20(17-29)32-25(16-26-27(34)28(35)31-19-30-26)24-10-8-22(9-11-24)3-2-21-4-6-23(7-5-21)18-33-12-14-36-15-13-33/h4-11,19-20,25,32,34H,12-18H2,1H3,(H,30,31,35)/t20?,25-/m0/s1. The second kappa shape index (κ2) is 12.5. The van der Waals surface area contributed by atoms with Gasteiger partial charge in [0, 0.05) is 49.3 Å². The van der Waals surface area contributed by atoms with Crippen LogP contribution in [0.4, 0.5) is 4.39 Å². The number of morpholine rings is 1. The number of H-pyrrole nitrogens is 1. The van der Waals surface area contributed by atoms with Crippen molar-refractivity contribution in [1.29, 1.82) is 0 Å². The Hall–Kier alpha value is -3.51. The van der Waals surface area contributed by atoms with Crippen molar-refractivity contribution in [3.63, 3.8) is 0 Å². The quantitative estimate of drug-likeness (QED) is 0.421. The molecular weight excluding hydrogens is 459 g/mol. The fourth-order valence-corrected chi connectivity index (χ4v) is 4.09. The predicted molar refractivity (Wildman–Crippen MR) is 137 cm³/mol. The van der Waals surface area contributed by atoms with Crippen LogP contribution in [0.5, 0.6) is 5.75 Å². The molecule has 1 fully saturated rings. The first-order valence-electron chi connectivity index (χ1n) is 12.1. The summed E-state index contributed by atoms with van der Waals surface area (Å²) in [6.45, 7) is 5.62. The monoisotopic (exact) mass is 490 g/mol. The van der Waals surface area contributed by atoms with Gasteiger partial charge in [-0.3, -0.25) is 9.69 Å². The molecule has 36 heavy (non-hydrogen) atoms. The summed E-state index contributed by atoms with van der Waals surface area (Å²) in [5, 5.41) is 13.3. The van der Waals surface area contributed by atoms with Crippen LogP contribution in [0.25, 0.3) is 0 Å². The van der Waals surface area contributed by atoms with E-state index in [4.69, 9.17) is 4.74 Å². The summed E-state index contributed by atoms with van der Waals surface area (Å²) in [6, 6.07) is 15.2. The van der Waals surface area contributed by atoms with Crippen molar-refractivity contribution in [2.24, 2.45) is 0 Å². The van der Waals surface area contributed by atoms with Crippen LogP contribution in [-0.4, -0.2) is 59.0 Å². The van der Waals surface area contributed by atoms with Crippen LogP contribution in [0.1, 0.15) is 40.9 Å². The van der Waals surface area contributed by atoms with Crippen molar-refractivity contribution < 1.29 is 14.2 Å². The molecule has 188 valence electrons. The van der Waals surface area contributed by atoms with Gasteiger partial charge in [-0.25, -0.2) is 9.37 Å². The number of aromatic hydroxyl groups is 1. The molecule has 3 aromatic rings. The molecule has 3 N–H and O–H groups in total. The number of aromatic nitrogens is 2. The molecule has 2 aromatic carbocycles. The molecule has 0 radical (unpaired) electrons. The van der Waals surface area contributed by atoms with Crippen LogP contribution >= 0.6 is 0 Å². The number of ether oxygens (including phenoxy) is 1. The summed E-state index contributed by atoms with van der Waals surface area (Å²) in [5.41, 5.74) is 3.59. The molecule has 1 saturated heterocycles. The lowest BCUT2D eigenvalue weighted by molar-refractivity contribution is 0.0342. The maximum Gasteiger partial charge on any atom is 0.293 e. The number of halogens is 1. The molecule has 4 rings (SSSR count). The molecule has 1 aromatic heterocycles. The number of hydrogen-bond donors (Lipinski definition) is 3. The smallest absolute Gasteiger partial charge is 0.293 e. The van der Waals surface area contributed by atoms with E-state index in [1.807, 2.05) is 36.4 Å². The Morgan fingerprint density at radius 1 is 1.11 bits per heavy atom. The summed E-state index contributed by atoms with van der Waals surface area (Å²) in [6.07, 6.45) is 1.49.